The highest BCUT2D eigenvalue weighted by Gasteiger charge is 2.14. The Morgan fingerprint density at radius 1 is 1.05 bits per heavy atom. The first kappa shape index (κ1) is 15.9. The van der Waals surface area contributed by atoms with Crippen LogP contribution in [0.15, 0.2) is 65.6 Å². The summed E-state index contributed by atoms with van der Waals surface area (Å²) in [6.45, 7) is 0. The van der Waals surface area contributed by atoms with Gasteiger partial charge in [-0.05, 0) is 24.1 Å². The maximum atomic E-state index is 11.9. The Morgan fingerprint density at radius 3 is 2.23 bits per heavy atom. The standard InChI is InChI=1S/C16H16N2O3S/c19-12-14(11-13-7-3-1-4-8-13)17-16(20)18-22(21)15-9-5-2-6-10-15/h1-10,12,14H,11H2,(H2,17,18,20). The molecule has 2 rings (SSSR count). The molecule has 5 nitrogen and oxygen atoms in total. The first-order chi connectivity index (χ1) is 10.7. The summed E-state index contributed by atoms with van der Waals surface area (Å²) in [5.74, 6) is 0. The van der Waals surface area contributed by atoms with E-state index in [1.807, 2.05) is 30.3 Å². The van der Waals surface area contributed by atoms with E-state index >= 15 is 0 Å². The number of urea groups is 1. The molecule has 0 fully saturated rings. The summed E-state index contributed by atoms with van der Waals surface area (Å²) in [5, 5.41) is 2.50. The molecule has 0 heterocycles. The summed E-state index contributed by atoms with van der Waals surface area (Å²) in [6, 6.07) is 16.6. The maximum Gasteiger partial charge on any atom is 0.327 e. The molecule has 22 heavy (non-hydrogen) atoms. The minimum absolute atomic E-state index is 0.385. The monoisotopic (exact) mass is 316 g/mol. The lowest BCUT2D eigenvalue weighted by atomic mass is 10.1. The van der Waals surface area contributed by atoms with Crippen molar-refractivity contribution in [3.63, 3.8) is 0 Å². The van der Waals surface area contributed by atoms with Gasteiger partial charge in [-0.2, -0.15) is 0 Å². The Balaban J connectivity index is 1.90. The molecular weight excluding hydrogens is 300 g/mol. The van der Waals surface area contributed by atoms with Gasteiger partial charge in [0.15, 0.2) is 11.0 Å². The van der Waals surface area contributed by atoms with E-state index in [4.69, 9.17) is 0 Å². The molecule has 2 aromatic carbocycles. The van der Waals surface area contributed by atoms with Crippen LogP contribution in [0.2, 0.25) is 0 Å². The van der Waals surface area contributed by atoms with Crippen LogP contribution in [0.25, 0.3) is 0 Å². The Morgan fingerprint density at radius 2 is 1.64 bits per heavy atom. The third kappa shape index (κ3) is 4.82. The summed E-state index contributed by atoms with van der Waals surface area (Å²) < 4.78 is 14.2. The van der Waals surface area contributed by atoms with Gasteiger partial charge in [-0.15, -0.1) is 0 Å². The zero-order valence-electron chi connectivity index (χ0n) is 11.8. The van der Waals surface area contributed by atoms with Crippen molar-refractivity contribution in [3.05, 3.63) is 66.2 Å². The van der Waals surface area contributed by atoms with Crippen LogP contribution in [0.3, 0.4) is 0 Å². The van der Waals surface area contributed by atoms with Gasteiger partial charge in [0.25, 0.3) is 0 Å². The molecule has 6 heteroatoms. The summed E-state index contributed by atoms with van der Waals surface area (Å²) in [5.41, 5.74) is 0.934. The molecule has 0 radical (unpaired) electrons. The molecule has 0 bridgehead atoms. The Hall–Kier alpha value is -2.47. The lowest BCUT2D eigenvalue weighted by molar-refractivity contribution is -0.109. The molecule has 0 aliphatic carbocycles. The number of carbonyl (C=O) groups excluding carboxylic acids is 2. The number of nitrogens with one attached hydrogen (secondary N) is 2. The van der Waals surface area contributed by atoms with Crippen molar-refractivity contribution >= 4 is 23.3 Å². The third-order valence-corrected chi connectivity index (χ3v) is 3.99. The van der Waals surface area contributed by atoms with Gasteiger partial charge < -0.3 is 10.1 Å². The summed E-state index contributed by atoms with van der Waals surface area (Å²) in [7, 11) is -1.66. The summed E-state index contributed by atoms with van der Waals surface area (Å²) in [4.78, 5) is 23.4. The van der Waals surface area contributed by atoms with Crippen molar-refractivity contribution in [3.8, 4) is 0 Å². The molecule has 2 unspecified atom stereocenters. The van der Waals surface area contributed by atoms with Gasteiger partial charge in [0.1, 0.15) is 6.29 Å². The van der Waals surface area contributed by atoms with Crippen LogP contribution in [0.5, 0.6) is 0 Å². The summed E-state index contributed by atoms with van der Waals surface area (Å²) in [6.07, 6.45) is 1.05. The van der Waals surface area contributed by atoms with E-state index in [2.05, 4.69) is 10.0 Å². The second-order valence-corrected chi connectivity index (χ2v) is 5.80. The predicted octanol–water partition coefficient (Wildman–Crippen LogP) is 1.82. The number of amides is 2. The maximum absolute atomic E-state index is 11.9. The van der Waals surface area contributed by atoms with Gasteiger partial charge in [-0.25, -0.2) is 9.00 Å². The molecule has 0 spiro atoms. The first-order valence-corrected chi connectivity index (χ1v) is 7.87. The van der Waals surface area contributed by atoms with Gasteiger partial charge in [-0.3, -0.25) is 4.72 Å². The molecule has 2 atom stereocenters. The van der Waals surface area contributed by atoms with Gasteiger partial charge in [0.2, 0.25) is 0 Å². The smallest absolute Gasteiger partial charge is 0.327 e. The van der Waals surface area contributed by atoms with Crippen molar-refractivity contribution in [2.75, 3.05) is 0 Å². The average molecular weight is 316 g/mol. The zero-order valence-corrected chi connectivity index (χ0v) is 12.6. The van der Waals surface area contributed by atoms with Gasteiger partial charge in [0.05, 0.1) is 10.9 Å². The fraction of sp³-hybridized carbons (Fsp3) is 0.125. The van der Waals surface area contributed by atoms with Crippen molar-refractivity contribution in [1.29, 1.82) is 0 Å². The molecule has 2 N–H and O–H groups in total. The number of carbonyl (C=O) groups is 2. The molecule has 2 amide bonds. The number of hydrogen-bond acceptors (Lipinski definition) is 3. The quantitative estimate of drug-likeness (QED) is 0.798. The number of hydrogen-bond donors (Lipinski definition) is 2. The van der Waals surface area contributed by atoms with Crippen LogP contribution in [0, 0.1) is 0 Å². The van der Waals surface area contributed by atoms with E-state index in [-0.39, 0.29) is 0 Å². The van der Waals surface area contributed by atoms with Crippen LogP contribution in [0.4, 0.5) is 4.79 Å². The Bertz CT molecular complexity index is 647. The fourth-order valence-electron chi connectivity index (χ4n) is 1.89. The van der Waals surface area contributed by atoms with E-state index in [1.165, 1.54) is 0 Å². The molecule has 0 saturated carbocycles. The largest absolute Gasteiger partial charge is 0.328 e. The van der Waals surface area contributed by atoms with E-state index in [0.29, 0.717) is 17.6 Å². The SMILES string of the molecule is O=CC(Cc1ccccc1)NC(=O)NS(=O)c1ccccc1. The predicted molar refractivity (Wildman–Crippen MR) is 84.5 cm³/mol. The van der Waals surface area contributed by atoms with E-state index < -0.39 is 23.1 Å². The van der Waals surface area contributed by atoms with E-state index in [0.717, 1.165) is 5.56 Å². The third-order valence-electron chi connectivity index (χ3n) is 2.92. The topological polar surface area (TPSA) is 75.3 Å². The van der Waals surface area contributed by atoms with Gasteiger partial charge in [-0.1, -0.05) is 48.5 Å². The second kappa shape index (κ2) is 8.09. The van der Waals surface area contributed by atoms with Crippen LogP contribution in [0.1, 0.15) is 5.56 Å². The minimum Gasteiger partial charge on any atom is -0.328 e. The van der Waals surface area contributed by atoms with Gasteiger partial charge in [0, 0.05) is 0 Å². The molecular formula is C16H16N2O3S. The molecule has 0 aliphatic rings. The number of aldehydes is 1. The molecule has 0 aliphatic heterocycles. The van der Waals surface area contributed by atoms with Crippen LogP contribution < -0.4 is 10.0 Å². The highest BCUT2D eigenvalue weighted by Crippen LogP contribution is 2.04. The Labute approximate surface area is 131 Å². The minimum atomic E-state index is -1.66. The number of benzene rings is 2. The van der Waals surface area contributed by atoms with Crippen molar-refractivity contribution in [2.24, 2.45) is 0 Å². The average Bonchev–Trinajstić information content (AvgIpc) is 2.56. The van der Waals surface area contributed by atoms with Crippen molar-refractivity contribution in [1.82, 2.24) is 10.0 Å². The number of rotatable bonds is 6. The van der Waals surface area contributed by atoms with E-state index in [9.17, 15) is 13.8 Å². The molecule has 114 valence electrons. The normalized spacial score (nSPS) is 12.9. The van der Waals surface area contributed by atoms with Crippen LogP contribution in [-0.2, 0) is 22.2 Å². The first-order valence-electron chi connectivity index (χ1n) is 6.72. The highest BCUT2D eigenvalue weighted by atomic mass is 32.2. The lowest BCUT2D eigenvalue weighted by Gasteiger charge is -2.13. The second-order valence-electron chi connectivity index (χ2n) is 4.59. The lowest BCUT2D eigenvalue weighted by Crippen LogP contribution is -2.44. The summed E-state index contributed by atoms with van der Waals surface area (Å²) >= 11 is 0. The zero-order chi connectivity index (χ0) is 15.8. The highest BCUT2D eigenvalue weighted by molar-refractivity contribution is 7.83. The fourth-order valence-corrected chi connectivity index (χ4v) is 2.64. The van der Waals surface area contributed by atoms with E-state index in [1.54, 1.807) is 30.3 Å². The van der Waals surface area contributed by atoms with Crippen molar-refractivity contribution in [2.45, 2.75) is 17.4 Å². The molecule has 0 aromatic heterocycles. The molecule has 2 aromatic rings. The van der Waals surface area contributed by atoms with Crippen LogP contribution in [-0.4, -0.2) is 22.6 Å². The van der Waals surface area contributed by atoms with Gasteiger partial charge >= 0.3 is 6.03 Å². The Kier molecular flexibility index (Phi) is 5.85. The van der Waals surface area contributed by atoms with Crippen LogP contribution >= 0.6 is 0 Å². The van der Waals surface area contributed by atoms with Crippen molar-refractivity contribution < 1.29 is 13.8 Å². The molecule has 0 saturated heterocycles.